The van der Waals surface area contributed by atoms with Crippen LogP contribution in [0.1, 0.15) is 29.7 Å². The largest absolute Gasteiger partial charge is 0.354 e. The molecule has 6 heteroatoms. The molecule has 1 aromatic heterocycles. The van der Waals surface area contributed by atoms with Gasteiger partial charge in [0.05, 0.1) is 17.3 Å². The van der Waals surface area contributed by atoms with Crippen molar-refractivity contribution in [3.8, 4) is 6.07 Å². The zero-order chi connectivity index (χ0) is 16.9. The molecular formula is C18H20FN5. The van der Waals surface area contributed by atoms with Crippen molar-refractivity contribution in [1.29, 1.82) is 5.26 Å². The number of nitrogens with one attached hydrogen (secondary N) is 1. The van der Waals surface area contributed by atoms with Crippen molar-refractivity contribution in [1.82, 2.24) is 15.5 Å². The molecule has 24 heavy (non-hydrogen) atoms. The van der Waals surface area contributed by atoms with E-state index in [4.69, 9.17) is 5.26 Å². The highest BCUT2D eigenvalue weighted by atomic mass is 19.1. The Balaban J connectivity index is 1.62. The number of benzene rings is 1. The van der Waals surface area contributed by atoms with Crippen LogP contribution in [-0.2, 0) is 6.54 Å². The molecule has 0 unspecified atom stereocenters. The summed E-state index contributed by atoms with van der Waals surface area (Å²) in [6, 6.07) is 10.7. The maximum absolute atomic E-state index is 13.9. The third-order valence-electron chi connectivity index (χ3n) is 4.29. The summed E-state index contributed by atoms with van der Waals surface area (Å²) in [6.07, 6.45) is 2.09. The van der Waals surface area contributed by atoms with Gasteiger partial charge in [0, 0.05) is 31.2 Å². The zero-order valence-corrected chi connectivity index (χ0v) is 13.7. The van der Waals surface area contributed by atoms with Crippen molar-refractivity contribution in [2.75, 3.05) is 18.0 Å². The minimum absolute atomic E-state index is 0.256. The average molecular weight is 325 g/mol. The summed E-state index contributed by atoms with van der Waals surface area (Å²) in [5.41, 5.74) is 1.91. The second-order valence-electron chi connectivity index (χ2n) is 6.12. The molecule has 1 aliphatic rings. The second kappa shape index (κ2) is 7.37. The number of nitrogens with zero attached hydrogens (tertiary/aromatic N) is 4. The van der Waals surface area contributed by atoms with Crippen LogP contribution in [0.4, 0.5) is 10.2 Å². The molecule has 1 fully saturated rings. The van der Waals surface area contributed by atoms with Crippen LogP contribution in [0.15, 0.2) is 30.3 Å². The van der Waals surface area contributed by atoms with Crippen molar-refractivity contribution in [3.63, 3.8) is 0 Å². The van der Waals surface area contributed by atoms with E-state index in [0.717, 1.165) is 37.4 Å². The molecule has 1 aromatic carbocycles. The molecule has 1 aliphatic heterocycles. The van der Waals surface area contributed by atoms with Gasteiger partial charge in [-0.25, -0.2) is 4.39 Å². The topological polar surface area (TPSA) is 64.8 Å². The van der Waals surface area contributed by atoms with Gasteiger partial charge >= 0.3 is 0 Å². The minimum Gasteiger partial charge on any atom is -0.354 e. The molecule has 0 bridgehead atoms. The fourth-order valence-electron chi connectivity index (χ4n) is 2.95. The monoisotopic (exact) mass is 325 g/mol. The molecule has 0 amide bonds. The Hall–Kier alpha value is -2.52. The summed E-state index contributed by atoms with van der Waals surface area (Å²) >= 11 is 0. The number of rotatable bonds is 4. The maximum atomic E-state index is 13.9. The van der Waals surface area contributed by atoms with Crippen LogP contribution >= 0.6 is 0 Å². The number of nitriles is 1. The molecule has 0 radical (unpaired) electrons. The lowest BCUT2D eigenvalue weighted by Crippen LogP contribution is -2.46. The second-order valence-corrected chi connectivity index (χ2v) is 6.12. The van der Waals surface area contributed by atoms with Crippen LogP contribution in [0.25, 0.3) is 0 Å². The van der Waals surface area contributed by atoms with Gasteiger partial charge in [-0.3, -0.25) is 0 Å². The van der Waals surface area contributed by atoms with Crippen LogP contribution in [0.5, 0.6) is 0 Å². The van der Waals surface area contributed by atoms with Crippen molar-refractivity contribution in [2.24, 2.45) is 0 Å². The normalized spacial score (nSPS) is 17.5. The first-order valence-corrected chi connectivity index (χ1v) is 8.13. The van der Waals surface area contributed by atoms with Crippen LogP contribution in [0.2, 0.25) is 0 Å². The molecule has 0 aliphatic carbocycles. The number of aromatic nitrogens is 2. The lowest BCUT2D eigenvalue weighted by molar-refractivity contribution is 0.415. The molecular weight excluding hydrogens is 305 g/mol. The third-order valence-corrected chi connectivity index (χ3v) is 4.29. The minimum atomic E-state index is -0.279. The molecule has 124 valence electrons. The van der Waals surface area contributed by atoms with Gasteiger partial charge in [-0.1, -0.05) is 0 Å². The summed E-state index contributed by atoms with van der Waals surface area (Å²) in [5.74, 6) is 0.600. The predicted molar refractivity (Wildman–Crippen MR) is 90.0 cm³/mol. The van der Waals surface area contributed by atoms with E-state index in [1.807, 2.05) is 25.1 Å². The van der Waals surface area contributed by atoms with E-state index in [9.17, 15) is 4.39 Å². The molecule has 0 spiro atoms. The smallest absolute Gasteiger partial charge is 0.151 e. The lowest BCUT2D eigenvalue weighted by Gasteiger charge is -2.33. The van der Waals surface area contributed by atoms with E-state index in [0.29, 0.717) is 17.7 Å². The summed E-state index contributed by atoms with van der Waals surface area (Å²) in [6.45, 7) is 4.10. The van der Waals surface area contributed by atoms with Gasteiger partial charge < -0.3 is 10.2 Å². The number of aryl methyl sites for hydroxylation is 1. The summed E-state index contributed by atoms with van der Waals surface area (Å²) in [7, 11) is 0. The summed E-state index contributed by atoms with van der Waals surface area (Å²) < 4.78 is 13.9. The highest BCUT2D eigenvalue weighted by Gasteiger charge is 2.21. The third kappa shape index (κ3) is 3.87. The van der Waals surface area contributed by atoms with Gasteiger partial charge in [-0.05, 0) is 50.1 Å². The number of hydrogen-bond donors (Lipinski definition) is 1. The Morgan fingerprint density at radius 1 is 1.33 bits per heavy atom. The summed E-state index contributed by atoms with van der Waals surface area (Å²) in [4.78, 5) is 2.20. The molecule has 2 heterocycles. The van der Waals surface area contributed by atoms with E-state index < -0.39 is 0 Å². The van der Waals surface area contributed by atoms with E-state index >= 15 is 0 Å². The molecule has 1 saturated heterocycles. The Kier molecular flexibility index (Phi) is 5.02. The fraction of sp³-hybridized carbons (Fsp3) is 0.389. The van der Waals surface area contributed by atoms with E-state index in [1.165, 1.54) is 12.1 Å². The molecule has 5 nitrogen and oxygen atoms in total. The molecule has 1 N–H and O–H groups in total. The van der Waals surface area contributed by atoms with Crippen LogP contribution < -0.4 is 10.2 Å². The molecule has 2 aromatic rings. The average Bonchev–Trinajstić information content (AvgIpc) is 2.62. The van der Waals surface area contributed by atoms with Gasteiger partial charge in [0.2, 0.25) is 0 Å². The Morgan fingerprint density at radius 3 is 2.96 bits per heavy atom. The number of hydrogen-bond acceptors (Lipinski definition) is 5. The van der Waals surface area contributed by atoms with Crippen molar-refractivity contribution >= 4 is 5.82 Å². The van der Waals surface area contributed by atoms with Crippen LogP contribution in [0.3, 0.4) is 0 Å². The Labute approximate surface area is 141 Å². The van der Waals surface area contributed by atoms with Crippen LogP contribution in [0, 0.1) is 24.1 Å². The van der Waals surface area contributed by atoms with E-state index in [-0.39, 0.29) is 11.9 Å². The Bertz CT molecular complexity index is 738. The van der Waals surface area contributed by atoms with Crippen molar-refractivity contribution in [3.05, 3.63) is 53.0 Å². The van der Waals surface area contributed by atoms with E-state index in [2.05, 4.69) is 20.4 Å². The number of anilines is 1. The van der Waals surface area contributed by atoms with Gasteiger partial charge in [0.25, 0.3) is 0 Å². The number of piperidine rings is 1. The van der Waals surface area contributed by atoms with Crippen molar-refractivity contribution < 1.29 is 4.39 Å². The summed E-state index contributed by atoms with van der Waals surface area (Å²) in [5, 5.41) is 20.7. The van der Waals surface area contributed by atoms with Gasteiger partial charge in [-0.2, -0.15) is 10.4 Å². The first kappa shape index (κ1) is 16.3. The zero-order valence-electron chi connectivity index (χ0n) is 13.7. The molecule has 0 saturated carbocycles. The first-order valence-electron chi connectivity index (χ1n) is 8.13. The fourth-order valence-corrected chi connectivity index (χ4v) is 2.95. The number of halogens is 1. The SMILES string of the molecule is Cc1ccc(N2CCC[C@H](NCc3cc(C#N)ccc3F)C2)nn1. The maximum Gasteiger partial charge on any atom is 0.151 e. The van der Waals surface area contributed by atoms with Crippen molar-refractivity contribution in [2.45, 2.75) is 32.4 Å². The predicted octanol–water partition coefficient (Wildman–Crippen LogP) is 2.55. The molecule has 3 rings (SSSR count). The van der Waals surface area contributed by atoms with Gasteiger partial charge in [0.1, 0.15) is 5.82 Å². The van der Waals surface area contributed by atoms with Gasteiger partial charge in [-0.15, -0.1) is 5.10 Å². The first-order chi connectivity index (χ1) is 11.7. The van der Waals surface area contributed by atoms with E-state index in [1.54, 1.807) is 6.07 Å². The quantitative estimate of drug-likeness (QED) is 0.936. The highest BCUT2D eigenvalue weighted by molar-refractivity contribution is 5.38. The highest BCUT2D eigenvalue weighted by Crippen LogP contribution is 2.18. The lowest BCUT2D eigenvalue weighted by atomic mass is 10.0. The van der Waals surface area contributed by atoms with Gasteiger partial charge in [0.15, 0.2) is 5.82 Å². The Morgan fingerprint density at radius 2 is 2.21 bits per heavy atom. The standard InChI is InChI=1S/C18H20FN5/c1-13-4-7-18(23-22-13)24-8-2-3-16(12-24)21-11-15-9-14(10-20)5-6-17(15)19/h4-7,9,16,21H,2-3,8,11-12H2,1H3/t16-/m0/s1. The van der Waals surface area contributed by atoms with Crippen LogP contribution in [-0.4, -0.2) is 29.3 Å². The molecule has 1 atom stereocenters.